The van der Waals surface area contributed by atoms with Crippen LogP contribution in [0.15, 0.2) is 12.3 Å². The lowest BCUT2D eigenvalue weighted by Crippen LogP contribution is -2.12. The monoisotopic (exact) mass is 194 g/mol. The number of rotatable bonds is 2. The Bertz CT molecular complexity index is 251. The van der Waals surface area contributed by atoms with E-state index in [1.54, 1.807) is 11.6 Å². The third kappa shape index (κ3) is 4.37. The molecule has 0 aliphatic rings. The van der Waals surface area contributed by atoms with Gasteiger partial charge < -0.3 is 0 Å². The molecule has 0 spiro atoms. The smallest absolute Gasteiger partial charge is 0.231 e. The van der Waals surface area contributed by atoms with Gasteiger partial charge in [-0.25, -0.2) is 11.6 Å². The van der Waals surface area contributed by atoms with Gasteiger partial charge in [-0.15, -0.1) is 0 Å². The van der Waals surface area contributed by atoms with Crippen molar-refractivity contribution in [1.29, 1.82) is 0 Å². The quantitative estimate of drug-likeness (QED) is 0.670. The van der Waals surface area contributed by atoms with E-state index in [4.69, 9.17) is 0 Å². The van der Waals surface area contributed by atoms with Crippen molar-refractivity contribution in [2.24, 2.45) is 0 Å². The van der Waals surface area contributed by atoms with E-state index >= 15 is 0 Å². The van der Waals surface area contributed by atoms with Crippen LogP contribution in [-0.4, -0.2) is 17.8 Å². The molecule has 1 radical (unpaired) electrons. The maximum Gasteiger partial charge on any atom is 0.231 e. The molecule has 1 heterocycles. The third-order valence-electron chi connectivity index (χ3n) is 1.62. The molecule has 1 aromatic heterocycles. The van der Waals surface area contributed by atoms with E-state index in [0.29, 0.717) is 0 Å². The molecule has 0 aromatic carbocycles. The van der Waals surface area contributed by atoms with Crippen LogP contribution in [0.1, 0.15) is 25.1 Å². The predicted octanol–water partition coefficient (Wildman–Crippen LogP) is 2.33. The first kappa shape index (κ1) is 12.6. The fourth-order valence-corrected chi connectivity index (χ4v) is 1.27. The largest absolute Gasteiger partial charge is 0.262 e. The second-order valence-electron chi connectivity index (χ2n) is 2.52. The summed E-state index contributed by atoms with van der Waals surface area (Å²) in [4.78, 5) is 4.25. The van der Waals surface area contributed by atoms with Gasteiger partial charge in [0.2, 0.25) is 6.56 Å². The molecule has 0 saturated carbocycles. The maximum atomic E-state index is 4.25. The van der Waals surface area contributed by atoms with Gasteiger partial charge in [0.25, 0.3) is 0 Å². The summed E-state index contributed by atoms with van der Waals surface area (Å²) in [6.07, 6.45) is 3.95. The standard InChI is InChI=1S/C8H11BNS.C2H6/c1-6-4-8(9-11-3)5-10-7(6)2;1-2/h4-5H,1-3H3;1-2H3. The van der Waals surface area contributed by atoms with Crippen molar-refractivity contribution in [3.63, 3.8) is 0 Å². The van der Waals surface area contributed by atoms with Gasteiger partial charge in [0.1, 0.15) is 0 Å². The van der Waals surface area contributed by atoms with E-state index in [0.717, 1.165) is 5.69 Å². The third-order valence-corrected chi connectivity index (χ3v) is 2.12. The van der Waals surface area contributed by atoms with Gasteiger partial charge in [-0.1, -0.05) is 25.4 Å². The van der Waals surface area contributed by atoms with Gasteiger partial charge in [0.05, 0.1) is 0 Å². The highest BCUT2D eigenvalue weighted by atomic mass is 32.2. The minimum absolute atomic E-state index is 1.11. The van der Waals surface area contributed by atoms with Crippen LogP contribution in [0, 0.1) is 13.8 Å². The first-order chi connectivity index (χ1) is 6.24. The zero-order chi connectivity index (χ0) is 10.3. The number of pyridine rings is 1. The number of hydrogen-bond donors (Lipinski definition) is 0. The molecule has 0 saturated heterocycles. The summed E-state index contributed by atoms with van der Waals surface area (Å²) in [6, 6.07) is 2.15. The average Bonchev–Trinajstić information content (AvgIpc) is 2.15. The number of aryl methyl sites for hydroxylation is 2. The molecule has 0 aliphatic carbocycles. The number of hydrogen-bond acceptors (Lipinski definition) is 2. The fraction of sp³-hybridized carbons (Fsp3) is 0.500. The Morgan fingerprint density at radius 2 is 1.92 bits per heavy atom. The topological polar surface area (TPSA) is 12.9 Å². The van der Waals surface area contributed by atoms with E-state index in [-0.39, 0.29) is 0 Å². The summed E-state index contributed by atoms with van der Waals surface area (Å²) in [5.74, 6) is 0. The van der Waals surface area contributed by atoms with E-state index in [1.165, 1.54) is 11.0 Å². The lowest BCUT2D eigenvalue weighted by Gasteiger charge is -2.00. The van der Waals surface area contributed by atoms with Crippen LogP contribution in [0.4, 0.5) is 0 Å². The second-order valence-corrected chi connectivity index (χ2v) is 3.23. The zero-order valence-electron chi connectivity index (χ0n) is 9.09. The Labute approximate surface area is 86.5 Å². The summed E-state index contributed by atoms with van der Waals surface area (Å²) in [5.41, 5.74) is 3.57. The first-order valence-electron chi connectivity index (χ1n) is 4.53. The second kappa shape index (κ2) is 7.02. The molecule has 1 aromatic rings. The van der Waals surface area contributed by atoms with Gasteiger partial charge in [-0.05, 0) is 25.7 Å². The average molecular weight is 194 g/mol. The Morgan fingerprint density at radius 3 is 2.38 bits per heavy atom. The lowest BCUT2D eigenvalue weighted by atomic mass is 9.95. The van der Waals surface area contributed by atoms with Crippen LogP contribution < -0.4 is 5.46 Å². The van der Waals surface area contributed by atoms with E-state index in [9.17, 15) is 0 Å². The van der Waals surface area contributed by atoms with Crippen LogP contribution in [0.3, 0.4) is 0 Å². The van der Waals surface area contributed by atoms with Gasteiger partial charge in [-0.3, -0.25) is 4.98 Å². The molecule has 0 unspecified atom stereocenters. The highest BCUT2D eigenvalue weighted by molar-refractivity contribution is 8.23. The molecular formula is C10H17BNS. The molecule has 1 nitrogen and oxygen atoms in total. The highest BCUT2D eigenvalue weighted by Crippen LogP contribution is 1.99. The van der Waals surface area contributed by atoms with Crippen LogP contribution in [0.2, 0.25) is 0 Å². The molecule has 0 atom stereocenters. The molecule has 71 valence electrons. The summed E-state index contributed by atoms with van der Waals surface area (Å²) in [6.45, 7) is 10.2. The lowest BCUT2D eigenvalue weighted by molar-refractivity contribution is 1.16. The van der Waals surface area contributed by atoms with Crippen LogP contribution >= 0.6 is 11.6 Å². The summed E-state index contributed by atoms with van der Waals surface area (Å²) in [7, 11) is 0. The zero-order valence-corrected chi connectivity index (χ0v) is 9.90. The SMILES string of the molecule is CC.CS[B]c1cnc(C)c(C)c1. The highest BCUT2D eigenvalue weighted by Gasteiger charge is 1.97. The minimum Gasteiger partial charge on any atom is -0.262 e. The minimum atomic E-state index is 1.11. The van der Waals surface area contributed by atoms with Gasteiger partial charge in [-0.2, -0.15) is 0 Å². The van der Waals surface area contributed by atoms with Crippen molar-refractivity contribution in [2.75, 3.05) is 6.26 Å². The normalized spacial score (nSPS) is 8.69. The molecule has 1 rings (SSSR count). The van der Waals surface area contributed by atoms with Crippen molar-refractivity contribution in [3.05, 3.63) is 23.5 Å². The van der Waals surface area contributed by atoms with Crippen LogP contribution in [0.25, 0.3) is 0 Å². The number of aromatic nitrogens is 1. The first-order valence-corrected chi connectivity index (χ1v) is 5.82. The fourth-order valence-electron chi connectivity index (χ4n) is 0.865. The number of nitrogens with zero attached hydrogens (tertiary/aromatic N) is 1. The molecular weight excluding hydrogens is 177 g/mol. The maximum absolute atomic E-state index is 4.25. The van der Waals surface area contributed by atoms with E-state index < -0.39 is 0 Å². The summed E-state index contributed by atoms with van der Waals surface area (Å²) in [5, 5.41) is 0. The van der Waals surface area contributed by atoms with Crippen molar-refractivity contribution in [3.8, 4) is 0 Å². The Kier molecular flexibility index (Phi) is 6.78. The Morgan fingerprint density at radius 1 is 1.31 bits per heavy atom. The van der Waals surface area contributed by atoms with Gasteiger partial charge >= 0.3 is 0 Å². The molecule has 0 N–H and O–H groups in total. The summed E-state index contributed by atoms with van der Waals surface area (Å²) >= 11 is 1.70. The van der Waals surface area contributed by atoms with Crippen LogP contribution in [0.5, 0.6) is 0 Å². The molecule has 0 bridgehead atoms. The van der Waals surface area contributed by atoms with Crippen molar-refractivity contribution in [1.82, 2.24) is 4.98 Å². The van der Waals surface area contributed by atoms with E-state index in [2.05, 4.69) is 30.8 Å². The van der Waals surface area contributed by atoms with E-state index in [1.807, 2.05) is 27.0 Å². The van der Waals surface area contributed by atoms with Crippen molar-refractivity contribution < 1.29 is 0 Å². The molecule has 0 aliphatic heterocycles. The van der Waals surface area contributed by atoms with Crippen LogP contribution in [-0.2, 0) is 0 Å². The Hall–Kier alpha value is -0.435. The summed E-state index contributed by atoms with van der Waals surface area (Å²) < 4.78 is 0. The predicted molar refractivity (Wildman–Crippen MR) is 64.0 cm³/mol. The van der Waals surface area contributed by atoms with Gasteiger partial charge in [0.15, 0.2) is 0 Å². The Balaban J connectivity index is 0.000000671. The molecule has 3 heteroatoms. The van der Waals surface area contributed by atoms with Gasteiger partial charge in [0, 0.05) is 11.9 Å². The van der Waals surface area contributed by atoms with Crippen molar-refractivity contribution in [2.45, 2.75) is 27.7 Å². The van der Waals surface area contributed by atoms with Crippen molar-refractivity contribution >= 4 is 23.6 Å². The molecule has 0 fully saturated rings. The molecule has 0 amide bonds. The molecule has 13 heavy (non-hydrogen) atoms.